The fourth-order valence-corrected chi connectivity index (χ4v) is 2.92. The summed E-state index contributed by atoms with van der Waals surface area (Å²) < 4.78 is 9.96. The lowest BCUT2D eigenvalue weighted by atomic mass is 10.0. The fourth-order valence-electron chi connectivity index (χ4n) is 2.92. The van der Waals surface area contributed by atoms with Crippen LogP contribution in [0.3, 0.4) is 0 Å². The zero-order valence-electron chi connectivity index (χ0n) is 14.6. The Balaban J connectivity index is 1.52. The van der Waals surface area contributed by atoms with Gasteiger partial charge in [-0.15, -0.1) is 0 Å². The van der Waals surface area contributed by atoms with E-state index in [1.54, 1.807) is 18.5 Å². The first-order valence-electron chi connectivity index (χ1n) is 8.54. The molecule has 0 radical (unpaired) electrons. The molecule has 0 aromatic carbocycles. The van der Waals surface area contributed by atoms with Crippen LogP contribution in [0.25, 0.3) is 11.4 Å². The quantitative estimate of drug-likeness (QED) is 0.859. The Kier molecular flexibility index (Phi) is 5.77. The number of hydrogen-bond donors (Lipinski definition) is 1. The maximum absolute atomic E-state index is 12.4. The van der Waals surface area contributed by atoms with Crippen LogP contribution in [-0.4, -0.2) is 58.3 Å². The number of methoxy groups -OCH3 is 1. The second-order valence-corrected chi connectivity index (χ2v) is 5.97. The zero-order valence-corrected chi connectivity index (χ0v) is 14.6. The van der Waals surface area contributed by atoms with Crippen molar-refractivity contribution in [2.45, 2.75) is 31.7 Å². The van der Waals surface area contributed by atoms with Gasteiger partial charge in [-0.2, -0.15) is 4.98 Å². The summed E-state index contributed by atoms with van der Waals surface area (Å²) in [6.45, 7) is 0.877. The summed E-state index contributed by atoms with van der Waals surface area (Å²) in [5, 5.41) is 6.74. The molecule has 2 amide bonds. The Hall–Kier alpha value is -2.97. The highest BCUT2D eigenvalue weighted by molar-refractivity contribution is 5.85. The number of rotatable bonds is 5. The number of pyridine rings is 1. The van der Waals surface area contributed by atoms with Crippen LogP contribution in [0, 0.1) is 0 Å². The number of nitrogens with one attached hydrogen (secondary N) is 1. The van der Waals surface area contributed by atoms with Gasteiger partial charge >= 0.3 is 6.09 Å². The van der Waals surface area contributed by atoms with E-state index in [4.69, 9.17) is 9.26 Å². The summed E-state index contributed by atoms with van der Waals surface area (Å²) in [5.74, 6) is 0.697. The number of piperidine rings is 1. The molecular weight excluding hydrogens is 338 g/mol. The largest absolute Gasteiger partial charge is 0.453 e. The molecule has 1 aliphatic heterocycles. The van der Waals surface area contributed by atoms with E-state index in [0.29, 0.717) is 37.6 Å². The van der Waals surface area contributed by atoms with Gasteiger partial charge in [-0.3, -0.25) is 14.7 Å². The summed E-state index contributed by atoms with van der Waals surface area (Å²) in [4.78, 5) is 34.0. The molecule has 2 aromatic heterocycles. The van der Waals surface area contributed by atoms with Crippen LogP contribution in [0.15, 0.2) is 29.0 Å². The van der Waals surface area contributed by atoms with Crippen LogP contribution in [0.4, 0.5) is 4.79 Å². The van der Waals surface area contributed by atoms with Gasteiger partial charge in [-0.1, -0.05) is 5.16 Å². The normalized spacial score (nSPS) is 17.0. The van der Waals surface area contributed by atoms with E-state index >= 15 is 0 Å². The molecule has 0 unspecified atom stereocenters. The lowest BCUT2D eigenvalue weighted by Gasteiger charge is -2.33. The van der Waals surface area contributed by atoms with Crippen molar-refractivity contribution in [3.63, 3.8) is 0 Å². The van der Waals surface area contributed by atoms with Crippen LogP contribution in [0.2, 0.25) is 0 Å². The van der Waals surface area contributed by atoms with Gasteiger partial charge in [0.1, 0.15) is 6.04 Å². The summed E-state index contributed by atoms with van der Waals surface area (Å²) in [6.07, 6.45) is 5.67. The van der Waals surface area contributed by atoms with Gasteiger partial charge in [0.25, 0.3) is 0 Å². The van der Waals surface area contributed by atoms with E-state index in [1.807, 2.05) is 6.07 Å². The smallest absolute Gasteiger partial charge is 0.410 e. The zero-order chi connectivity index (χ0) is 18.4. The molecule has 0 spiro atoms. The maximum atomic E-state index is 12.4. The van der Waals surface area contributed by atoms with Crippen molar-refractivity contribution in [1.29, 1.82) is 0 Å². The molecule has 9 heteroatoms. The molecule has 138 valence electrons. The predicted molar refractivity (Wildman–Crippen MR) is 91.0 cm³/mol. The van der Waals surface area contributed by atoms with E-state index in [-0.39, 0.29) is 5.91 Å². The van der Waals surface area contributed by atoms with Gasteiger partial charge in [0, 0.05) is 37.5 Å². The molecule has 9 nitrogen and oxygen atoms in total. The van der Waals surface area contributed by atoms with Crippen LogP contribution < -0.4 is 5.32 Å². The van der Waals surface area contributed by atoms with Crippen molar-refractivity contribution in [3.05, 3.63) is 30.4 Å². The minimum absolute atomic E-state index is 0.193. The molecule has 1 saturated heterocycles. The van der Waals surface area contributed by atoms with Crippen molar-refractivity contribution in [3.8, 4) is 11.4 Å². The number of likely N-dealkylation sites (tertiary alicyclic amines) is 1. The Morgan fingerprint density at radius 1 is 1.42 bits per heavy atom. The molecule has 2 aromatic rings. The monoisotopic (exact) mass is 359 g/mol. The van der Waals surface area contributed by atoms with Crippen molar-refractivity contribution < 1.29 is 18.8 Å². The number of carbonyl (C=O) groups excluding carboxylic acids is 2. The first-order valence-corrected chi connectivity index (χ1v) is 8.54. The number of carbonyl (C=O) groups is 2. The standard InChI is InChI=1S/C17H21N5O4/c1-25-17(24)22-10-3-2-6-13(22)16(23)19-9-7-14-20-15(21-26-14)12-5-4-8-18-11-12/h4-5,8,11,13H,2-3,6-7,9-10H2,1H3,(H,19,23)/t13-/m0/s1. The molecule has 1 N–H and O–H groups in total. The van der Waals surface area contributed by atoms with E-state index < -0.39 is 12.1 Å². The second kappa shape index (κ2) is 8.41. The molecule has 0 aliphatic carbocycles. The number of nitrogens with zero attached hydrogens (tertiary/aromatic N) is 4. The Bertz CT molecular complexity index is 749. The third-order valence-electron chi connectivity index (χ3n) is 4.24. The average molecular weight is 359 g/mol. The third-order valence-corrected chi connectivity index (χ3v) is 4.24. The molecule has 1 aliphatic rings. The molecule has 0 bridgehead atoms. The lowest BCUT2D eigenvalue weighted by Crippen LogP contribution is -2.52. The molecule has 0 saturated carbocycles. The van der Waals surface area contributed by atoms with E-state index in [2.05, 4.69) is 20.4 Å². The van der Waals surface area contributed by atoms with E-state index in [9.17, 15) is 9.59 Å². The average Bonchev–Trinajstić information content (AvgIpc) is 3.17. The lowest BCUT2D eigenvalue weighted by molar-refractivity contribution is -0.126. The second-order valence-electron chi connectivity index (χ2n) is 5.97. The molecule has 3 heterocycles. The summed E-state index contributed by atoms with van der Waals surface area (Å²) >= 11 is 0. The van der Waals surface area contributed by atoms with Crippen molar-refractivity contribution >= 4 is 12.0 Å². The van der Waals surface area contributed by atoms with Crippen molar-refractivity contribution in [2.24, 2.45) is 0 Å². The summed E-state index contributed by atoms with van der Waals surface area (Å²) in [7, 11) is 1.32. The van der Waals surface area contributed by atoms with Crippen LogP contribution >= 0.6 is 0 Å². The van der Waals surface area contributed by atoms with Gasteiger partial charge in [0.15, 0.2) is 0 Å². The number of aromatic nitrogens is 3. The van der Waals surface area contributed by atoms with E-state index in [1.165, 1.54) is 12.0 Å². The highest BCUT2D eigenvalue weighted by Crippen LogP contribution is 2.18. The first kappa shape index (κ1) is 17.8. The molecule has 1 fully saturated rings. The van der Waals surface area contributed by atoms with Crippen LogP contribution in [0.1, 0.15) is 25.2 Å². The van der Waals surface area contributed by atoms with Crippen LogP contribution in [-0.2, 0) is 16.0 Å². The van der Waals surface area contributed by atoms with Gasteiger partial charge in [0.2, 0.25) is 17.6 Å². The fraction of sp³-hybridized carbons (Fsp3) is 0.471. The van der Waals surface area contributed by atoms with E-state index in [0.717, 1.165) is 18.4 Å². The van der Waals surface area contributed by atoms with Gasteiger partial charge < -0.3 is 14.6 Å². The topological polar surface area (TPSA) is 110 Å². The summed E-state index contributed by atoms with van der Waals surface area (Å²) in [5.41, 5.74) is 0.766. The highest BCUT2D eigenvalue weighted by atomic mass is 16.5. The third kappa shape index (κ3) is 4.16. The van der Waals surface area contributed by atoms with Gasteiger partial charge in [0.05, 0.1) is 7.11 Å². The predicted octanol–water partition coefficient (Wildman–Crippen LogP) is 1.41. The maximum Gasteiger partial charge on any atom is 0.410 e. The minimum atomic E-state index is -0.496. The number of ether oxygens (including phenoxy) is 1. The molecule has 1 atom stereocenters. The molecular formula is C17H21N5O4. The highest BCUT2D eigenvalue weighted by Gasteiger charge is 2.32. The first-order chi connectivity index (χ1) is 12.7. The summed E-state index contributed by atoms with van der Waals surface area (Å²) in [6, 6.07) is 3.14. The molecule has 3 rings (SSSR count). The minimum Gasteiger partial charge on any atom is -0.453 e. The van der Waals surface area contributed by atoms with Crippen molar-refractivity contribution in [1.82, 2.24) is 25.3 Å². The Morgan fingerprint density at radius 2 is 2.31 bits per heavy atom. The molecule has 26 heavy (non-hydrogen) atoms. The van der Waals surface area contributed by atoms with Crippen molar-refractivity contribution in [2.75, 3.05) is 20.2 Å². The van der Waals surface area contributed by atoms with Gasteiger partial charge in [-0.05, 0) is 31.4 Å². The Labute approximate surface area is 150 Å². The number of hydrogen-bond acceptors (Lipinski definition) is 7. The van der Waals surface area contributed by atoms with Gasteiger partial charge in [-0.25, -0.2) is 4.79 Å². The number of amides is 2. The van der Waals surface area contributed by atoms with Crippen LogP contribution in [0.5, 0.6) is 0 Å². The SMILES string of the molecule is COC(=O)N1CCCC[C@H]1C(=O)NCCc1nc(-c2cccnc2)no1. The Morgan fingerprint density at radius 3 is 3.08 bits per heavy atom.